The fourth-order valence-corrected chi connectivity index (χ4v) is 2.66. The Balaban J connectivity index is 2.51. The van der Waals surface area contributed by atoms with Crippen molar-refractivity contribution in [3.8, 4) is 0 Å². The Hall–Kier alpha value is -1.39. The zero-order chi connectivity index (χ0) is 11.8. The second-order valence-corrected chi connectivity index (χ2v) is 4.93. The van der Waals surface area contributed by atoms with E-state index in [2.05, 4.69) is 0 Å². The van der Waals surface area contributed by atoms with Gasteiger partial charge in [-0.1, -0.05) is 18.2 Å². The van der Waals surface area contributed by atoms with Crippen LogP contribution in [0.5, 0.6) is 0 Å². The van der Waals surface area contributed by atoms with E-state index in [1.54, 1.807) is 6.92 Å². The summed E-state index contributed by atoms with van der Waals surface area (Å²) in [5.74, 6) is -0.418. The second kappa shape index (κ2) is 3.88. The van der Waals surface area contributed by atoms with Crippen LogP contribution >= 0.6 is 11.3 Å². The van der Waals surface area contributed by atoms with Crippen LogP contribution in [0.25, 0.3) is 10.1 Å². The summed E-state index contributed by atoms with van der Waals surface area (Å²) in [4.78, 5) is 12.4. The number of hydrogen-bond acceptors (Lipinski definition) is 4. The van der Waals surface area contributed by atoms with Crippen molar-refractivity contribution in [1.82, 2.24) is 0 Å². The summed E-state index contributed by atoms with van der Waals surface area (Å²) < 4.78 is 5.83. The Labute approximate surface area is 97.8 Å². The highest BCUT2D eigenvalue weighted by molar-refractivity contribution is 7.19. The van der Waals surface area contributed by atoms with Crippen molar-refractivity contribution < 1.29 is 9.53 Å². The number of thiophene rings is 1. The van der Waals surface area contributed by atoms with Crippen molar-refractivity contribution in [3.63, 3.8) is 0 Å². The largest absolute Gasteiger partial charge is 0.467 e. The van der Waals surface area contributed by atoms with Gasteiger partial charge in [-0.2, -0.15) is 0 Å². The number of fused-ring (bicyclic) bond motifs is 1. The average Bonchev–Trinajstić information content (AvgIpc) is 2.72. The molecule has 0 amide bonds. The van der Waals surface area contributed by atoms with Gasteiger partial charge in [0.25, 0.3) is 0 Å². The van der Waals surface area contributed by atoms with Crippen LogP contribution in [-0.4, -0.2) is 13.1 Å². The fraction of sp³-hybridized carbons (Fsp3) is 0.250. The second-order valence-electron chi connectivity index (χ2n) is 3.84. The first-order valence-corrected chi connectivity index (χ1v) is 5.73. The Morgan fingerprint density at radius 3 is 2.75 bits per heavy atom. The molecule has 0 saturated carbocycles. The van der Waals surface area contributed by atoms with Crippen molar-refractivity contribution >= 4 is 27.4 Å². The van der Waals surface area contributed by atoms with E-state index in [4.69, 9.17) is 10.5 Å². The van der Waals surface area contributed by atoms with Crippen LogP contribution in [0.3, 0.4) is 0 Å². The lowest BCUT2D eigenvalue weighted by atomic mass is 10.0. The van der Waals surface area contributed by atoms with Gasteiger partial charge >= 0.3 is 5.97 Å². The number of esters is 1. The van der Waals surface area contributed by atoms with E-state index < -0.39 is 11.5 Å². The van der Waals surface area contributed by atoms with E-state index >= 15 is 0 Å². The van der Waals surface area contributed by atoms with Crippen molar-refractivity contribution in [2.45, 2.75) is 12.5 Å². The maximum atomic E-state index is 11.6. The number of benzene rings is 1. The molecule has 0 fully saturated rings. The predicted octanol–water partition coefficient (Wildman–Crippen LogP) is 2.25. The number of rotatable bonds is 2. The van der Waals surface area contributed by atoms with E-state index in [1.165, 1.54) is 18.4 Å². The monoisotopic (exact) mass is 235 g/mol. The van der Waals surface area contributed by atoms with Gasteiger partial charge in [-0.05, 0) is 24.4 Å². The Bertz CT molecular complexity index is 498. The first-order chi connectivity index (χ1) is 7.55. The van der Waals surface area contributed by atoms with E-state index in [-0.39, 0.29) is 0 Å². The van der Waals surface area contributed by atoms with Gasteiger partial charge in [0.15, 0.2) is 0 Å². The third kappa shape index (κ3) is 1.70. The number of hydrogen-bond donors (Lipinski definition) is 1. The average molecular weight is 235 g/mol. The molecule has 1 heterocycles. The molecule has 0 aliphatic carbocycles. The minimum absolute atomic E-state index is 0.418. The smallest absolute Gasteiger partial charge is 0.331 e. The highest BCUT2D eigenvalue weighted by Crippen LogP contribution is 2.32. The molecule has 16 heavy (non-hydrogen) atoms. The number of nitrogens with two attached hydrogens (primary N) is 1. The number of methoxy groups -OCH3 is 1. The molecule has 2 aromatic rings. The van der Waals surface area contributed by atoms with Gasteiger partial charge in [-0.25, -0.2) is 4.79 Å². The molecule has 2 N–H and O–H groups in total. The van der Waals surface area contributed by atoms with Crippen LogP contribution in [0.2, 0.25) is 0 Å². The molecule has 0 saturated heterocycles. The summed E-state index contributed by atoms with van der Waals surface area (Å²) in [6.45, 7) is 1.67. The van der Waals surface area contributed by atoms with Crippen LogP contribution in [0.1, 0.15) is 11.8 Å². The summed E-state index contributed by atoms with van der Waals surface area (Å²) >= 11 is 1.52. The van der Waals surface area contributed by atoms with Gasteiger partial charge in [-0.15, -0.1) is 11.3 Å². The van der Waals surface area contributed by atoms with E-state index in [0.717, 1.165) is 15.0 Å². The highest BCUT2D eigenvalue weighted by atomic mass is 32.1. The van der Waals surface area contributed by atoms with Crippen LogP contribution < -0.4 is 5.73 Å². The standard InChI is InChI=1S/C12H13NO2S/c1-12(13,11(14)15-2)10-7-8-5-3-4-6-9(8)16-10/h3-7H,13H2,1-2H3. The first-order valence-electron chi connectivity index (χ1n) is 4.92. The lowest BCUT2D eigenvalue weighted by Gasteiger charge is -2.19. The number of ether oxygens (including phenoxy) is 1. The van der Waals surface area contributed by atoms with Gasteiger partial charge < -0.3 is 10.5 Å². The molecule has 0 bridgehead atoms. The van der Waals surface area contributed by atoms with E-state index in [1.807, 2.05) is 30.3 Å². The predicted molar refractivity (Wildman–Crippen MR) is 65.4 cm³/mol. The van der Waals surface area contributed by atoms with Crippen LogP contribution in [0.15, 0.2) is 30.3 Å². The maximum absolute atomic E-state index is 11.6. The molecule has 4 heteroatoms. The molecule has 0 aliphatic rings. The third-order valence-electron chi connectivity index (χ3n) is 2.55. The van der Waals surface area contributed by atoms with Gasteiger partial charge in [0.2, 0.25) is 0 Å². The van der Waals surface area contributed by atoms with Gasteiger partial charge in [-0.3, -0.25) is 0 Å². The lowest BCUT2D eigenvalue weighted by molar-refractivity contribution is -0.146. The summed E-state index contributed by atoms with van der Waals surface area (Å²) in [5.41, 5.74) is 4.92. The summed E-state index contributed by atoms with van der Waals surface area (Å²) in [7, 11) is 1.35. The topological polar surface area (TPSA) is 52.3 Å². The minimum atomic E-state index is -1.07. The Morgan fingerprint density at radius 1 is 1.44 bits per heavy atom. The van der Waals surface area contributed by atoms with Crippen LogP contribution in [0, 0.1) is 0 Å². The molecular formula is C12H13NO2S. The minimum Gasteiger partial charge on any atom is -0.467 e. The normalized spacial score (nSPS) is 14.7. The quantitative estimate of drug-likeness (QED) is 0.812. The van der Waals surface area contributed by atoms with Crippen molar-refractivity contribution in [3.05, 3.63) is 35.2 Å². The molecule has 1 atom stereocenters. The third-order valence-corrected chi connectivity index (χ3v) is 3.90. The number of carbonyl (C=O) groups excluding carboxylic acids is 1. The van der Waals surface area contributed by atoms with E-state index in [0.29, 0.717) is 0 Å². The van der Waals surface area contributed by atoms with Gasteiger partial charge in [0, 0.05) is 9.58 Å². The lowest BCUT2D eigenvalue weighted by Crippen LogP contribution is -2.41. The van der Waals surface area contributed by atoms with Crippen LogP contribution in [0.4, 0.5) is 0 Å². The first kappa shape index (κ1) is 11.1. The Kier molecular flexibility index (Phi) is 2.69. The molecule has 3 nitrogen and oxygen atoms in total. The highest BCUT2D eigenvalue weighted by Gasteiger charge is 2.33. The van der Waals surface area contributed by atoms with Crippen molar-refractivity contribution in [2.24, 2.45) is 5.73 Å². The van der Waals surface area contributed by atoms with Crippen molar-refractivity contribution in [1.29, 1.82) is 0 Å². The Morgan fingerprint density at radius 2 is 2.12 bits per heavy atom. The van der Waals surface area contributed by atoms with E-state index in [9.17, 15) is 4.79 Å². The zero-order valence-electron chi connectivity index (χ0n) is 9.19. The zero-order valence-corrected chi connectivity index (χ0v) is 10.0. The van der Waals surface area contributed by atoms with Gasteiger partial charge in [0.05, 0.1) is 7.11 Å². The molecule has 1 aromatic carbocycles. The SMILES string of the molecule is COC(=O)C(C)(N)c1cc2ccccc2s1. The summed E-state index contributed by atoms with van der Waals surface area (Å²) in [6, 6.07) is 9.88. The van der Waals surface area contributed by atoms with Crippen LogP contribution in [-0.2, 0) is 15.1 Å². The molecule has 84 valence electrons. The summed E-state index contributed by atoms with van der Waals surface area (Å²) in [5, 5.41) is 1.10. The molecule has 1 unspecified atom stereocenters. The number of carbonyl (C=O) groups is 1. The molecule has 0 radical (unpaired) electrons. The molecule has 0 spiro atoms. The summed E-state index contributed by atoms with van der Waals surface area (Å²) in [6.07, 6.45) is 0. The molecule has 1 aromatic heterocycles. The maximum Gasteiger partial charge on any atom is 0.331 e. The van der Waals surface area contributed by atoms with Crippen molar-refractivity contribution in [2.75, 3.05) is 7.11 Å². The molecule has 0 aliphatic heterocycles. The molecular weight excluding hydrogens is 222 g/mol. The molecule has 2 rings (SSSR count). The van der Waals surface area contributed by atoms with Gasteiger partial charge in [0.1, 0.15) is 5.54 Å². The fourth-order valence-electron chi connectivity index (χ4n) is 1.55.